The molecule has 6 heteroatoms. The number of carbonyl (C=O) groups is 2. The Balaban J connectivity index is 4.83. The highest BCUT2D eigenvalue weighted by atomic mass is 35.5. The molecule has 0 atom stereocenters. The second-order valence-corrected chi connectivity index (χ2v) is 4.78. The quantitative estimate of drug-likeness (QED) is 0.605. The number of esters is 1. The molecule has 86 valence electrons. The fourth-order valence-corrected chi connectivity index (χ4v) is 0.827. The van der Waals surface area contributed by atoms with E-state index in [0.29, 0.717) is 0 Å². The summed E-state index contributed by atoms with van der Waals surface area (Å²) < 4.78 is 4.07. The van der Waals surface area contributed by atoms with Gasteiger partial charge in [0.1, 0.15) is 4.49 Å². The maximum Gasteiger partial charge on any atom is 0.357 e. The van der Waals surface area contributed by atoms with Gasteiger partial charge in [-0.2, -0.15) is 0 Å². The van der Waals surface area contributed by atoms with Crippen molar-refractivity contribution in [1.82, 2.24) is 5.32 Å². The number of amides is 1. The van der Waals surface area contributed by atoms with Gasteiger partial charge in [0.05, 0.1) is 7.11 Å². The third-order valence-electron chi connectivity index (χ3n) is 1.50. The van der Waals surface area contributed by atoms with Gasteiger partial charge in [-0.05, 0) is 0 Å². The largest absolute Gasteiger partial charge is 0.464 e. The van der Waals surface area contributed by atoms with Crippen LogP contribution < -0.4 is 5.32 Å². The van der Waals surface area contributed by atoms with Crippen molar-refractivity contribution < 1.29 is 14.3 Å². The molecule has 0 bridgehead atoms. The fourth-order valence-electron chi connectivity index (χ4n) is 0.579. The zero-order chi connectivity index (χ0) is 12.2. The lowest BCUT2D eigenvalue weighted by molar-refractivity contribution is -0.138. The second-order valence-electron chi connectivity index (χ2n) is 3.83. The summed E-state index contributed by atoms with van der Waals surface area (Å²) in [5, 5.41) is 2.31. The molecular formula is C9H13Cl2NO3. The molecule has 0 saturated heterocycles. The van der Waals surface area contributed by atoms with E-state index in [-0.39, 0.29) is 16.1 Å². The molecular weight excluding hydrogens is 241 g/mol. The first-order chi connectivity index (χ1) is 6.70. The first kappa shape index (κ1) is 14.3. The Hall–Kier alpha value is -0.740. The number of rotatable bonds is 2. The summed E-state index contributed by atoms with van der Waals surface area (Å²) in [7, 11) is 1.17. The van der Waals surface area contributed by atoms with Crippen LogP contribution in [0.1, 0.15) is 20.8 Å². The lowest BCUT2D eigenvalue weighted by Gasteiger charge is -2.18. The minimum Gasteiger partial charge on any atom is -0.464 e. The SMILES string of the molecule is COC(=O)C(NC(=O)C(C)(C)C)=C(Cl)Cl. The molecule has 0 aliphatic heterocycles. The topological polar surface area (TPSA) is 55.4 Å². The van der Waals surface area contributed by atoms with Gasteiger partial charge >= 0.3 is 5.97 Å². The summed E-state index contributed by atoms with van der Waals surface area (Å²) in [6, 6.07) is 0. The van der Waals surface area contributed by atoms with Crippen molar-refractivity contribution in [1.29, 1.82) is 0 Å². The van der Waals surface area contributed by atoms with Gasteiger partial charge in [0, 0.05) is 5.41 Å². The molecule has 0 radical (unpaired) electrons. The molecule has 1 amide bonds. The van der Waals surface area contributed by atoms with E-state index >= 15 is 0 Å². The Morgan fingerprint density at radius 2 is 1.67 bits per heavy atom. The molecule has 0 aromatic heterocycles. The van der Waals surface area contributed by atoms with Gasteiger partial charge in [0.2, 0.25) is 5.91 Å². The molecule has 0 saturated carbocycles. The summed E-state index contributed by atoms with van der Waals surface area (Å²) in [5.74, 6) is -1.16. The Labute approximate surface area is 98.6 Å². The molecule has 1 N–H and O–H groups in total. The Bertz CT molecular complexity index is 301. The van der Waals surface area contributed by atoms with Gasteiger partial charge < -0.3 is 10.1 Å². The average molecular weight is 254 g/mol. The highest BCUT2D eigenvalue weighted by molar-refractivity contribution is 6.57. The molecule has 0 aromatic carbocycles. The van der Waals surface area contributed by atoms with Crippen LogP contribution in [0.3, 0.4) is 0 Å². The number of halogens is 2. The van der Waals surface area contributed by atoms with Gasteiger partial charge in [-0.25, -0.2) is 4.79 Å². The molecule has 0 aliphatic rings. The van der Waals surface area contributed by atoms with E-state index in [0.717, 1.165) is 0 Å². The maximum absolute atomic E-state index is 11.5. The van der Waals surface area contributed by atoms with Crippen molar-refractivity contribution in [2.75, 3.05) is 7.11 Å². The van der Waals surface area contributed by atoms with Crippen molar-refractivity contribution in [3.8, 4) is 0 Å². The van der Waals surface area contributed by atoms with Crippen LogP contribution in [0.15, 0.2) is 10.2 Å². The van der Waals surface area contributed by atoms with Crippen molar-refractivity contribution in [3.63, 3.8) is 0 Å². The van der Waals surface area contributed by atoms with Crippen LogP contribution in [0.5, 0.6) is 0 Å². The van der Waals surface area contributed by atoms with Gasteiger partial charge in [0.25, 0.3) is 0 Å². The Morgan fingerprint density at radius 1 is 1.20 bits per heavy atom. The molecule has 0 unspecified atom stereocenters. The van der Waals surface area contributed by atoms with Crippen LogP contribution in [0, 0.1) is 5.41 Å². The molecule has 0 rings (SSSR count). The molecule has 0 heterocycles. The van der Waals surface area contributed by atoms with Gasteiger partial charge in [-0.15, -0.1) is 0 Å². The third kappa shape index (κ3) is 4.53. The number of carbonyl (C=O) groups excluding carboxylic acids is 2. The lowest BCUT2D eigenvalue weighted by atomic mass is 9.95. The molecule has 0 spiro atoms. The molecule has 0 fully saturated rings. The summed E-state index contributed by atoms with van der Waals surface area (Å²) in [6.07, 6.45) is 0. The minimum atomic E-state index is -0.785. The predicted molar refractivity (Wildman–Crippen MR) is 58.3 cm³/mol. The van der Waals surface area contributed by atoms with Crippen LogP contribution in [0.2, 0.25) is 0 Å². The predicted octanol–water partition coefficient (Wildman–Crippen LogP) is 1.97. The van der Waals surface area contributed by atoms with Gasteiger partial charge in [0.15, 0.2) is 5.70 Å². The lowest BCUT2D eigenvalue weighted by Crippen LogP contribution is -2.37. The number of hydrogen-bond donors (Lipinski definition) is 1. The zero-order valence-corrected chi connectivity index (χ0v) is 10.5. The summed E-state index contributed by atoms with van der Waals surface area (Å²) >= 11 is 10.9. The average Bonchev–Trinajstić information content (AvgIpc) is 2.10. The van der Waals surface area contributed by atoms with E-state index in [2.05, 4.69) is 10.1 Å². The zero-order valence-electron chi connectivity index (χ0n) is 8.98. The monoisotopic (exact) mass is 253 g/mol. The molecule has 15 heavy (non-hydrogen) atoms. The Morgan fingerprint density at radius 3 is 1.93 bits per heavy atom. The van der Waals surface area contributed by atoms with E-state index in [4.69, 9.17) is 23.2 Å². The van der Waals surface area contributed by atoms with Crippen molar-refractivity contribution in [3.05, 3.63) is 10.2 Å². The van der Waals surface area contributed by atoms with Crippen molar-refractivity contribution >= 4 is 35.1 Å². The van der Waals surface area contributed by atoms with Crippen LogP contribution in [0.25, 0.3) is 0 Å². The summed E-state index contributed by atoms with van der Waals surface area (Å²) in [4.78, 5) is 22.7. The van der Waals surface area contributed by atoms with Crippen molar-refractivity contribution in [2.45, 2.75) is 20.8 Å². The number of hydrogen-bond acceptors (Lipinski definition) is 3. The van der Waals surface area contributed by atoms with Crippen LogP contribution in [0.4, 0.5) is 0 Å². The number of methoxy groups -OCH3 is 1. The highest BCUT2D eigenvalue weighted by Crippen LogP contribution is 2.17. The van der Waals surface area contributed by atoms with Crippen LogP contribution >= 0.6 is 23.2 Å². The number of ether oxygens (including phenoxy) is 1. The Kier molecular flexibility index (Phi) is 5.11. The van der Waals surface area contributed by atoms with Crippen molar-refractivity contribution in [2.24, 2.45) is 5.41 Å². The fraction of sp³-hybridized carbons (Fsp3) is 0.556. The summed E-state index contributed by atoms with van der Waals surface area (Å²) in [5.41, 5.74) is -0.900. The van der Waals surface area contributed by atoms with E-state index in [1.165, 1.54) is 7.11 Å². The van der Waals surface area contributed by atoms with E-state index in [9.17, 15) is 9.59 Å². The first-order valence-electron chi connectivity index (χ1n) is 4.15. The van der Waals surface area contributed by atoms with E-state index < -0.39 is 11.4 Å². The molecule has 0 aromatic rings. The maximum atomic E-state index is 11.5. The molecule has 4 nitrogen and oxygen atoms in total. The third-order valence-corrected chi connectivity index (χ3v) is 1.88. The van der Waals surface area contributed by atoms with E-state index in [1.54, 1.807) is 20.8 Å². The normalized spacial score (nSPS) is 10.5. The first-order valence-corrected chi connectivity index (χ1v) is 4.90. The van der Waals surface area contributed by atoms with Crippen LogP contribution in [-0.2, 0) is 14.3 Å². The van der Waals surface area contributed by atoms with Gasteiger partial charge in [-0.3, -0.25) is 4.79 Å². The minimum absolute atomic E-state index is 0.249. The summed E-state index contributed by atoms with van der Waals surface area (Å²) in [6.45, 7) is 5.08. The standard InChI is InChI=1S/C9H13Cl2NO3/c1-9(2,3)8(14)12-5(6(10)11)7(13)15-4/h1-4H3,(H,12,14). The van der Waals surface area contributed by atoms with Gasteiger partial charge in [-0.1, -0.05) is 44.0 Å². The highest BCUT2D eigenvalue weighted by Gasteiger charge is 2.25. The molecule has 0 aliphatic carbocycles. The van der Waals surface area contributed by atoms with E-state index in [1.807, 2.05) is 0 Å². The second kappa shape index (κ2) is 5.37. The van der Waals surface area contributed by atoms with Crippen LogP contribution in [-0.4, -0.2) is 19.0 Å². The number of nitrogens with one attached hydrogen (secondary N) is 1. The smallest absolute Gasteiger partial charge is 0.357 e.